The third kappa shape index (κ3) is 4.54. The maximum absolute atomic E-state index is 12.7. The lowest BCUT2D eigenvalue weighted by atomic mass is 9.89. The molecule has 2 amide bonds. The summed E-state index contributed by atoms with van der Waals surface area (Å²) in [6, 6.07) is 3.68. The lowest BCUT2D eigenvalue weighted by molar-refractivity contribution is -0.107. The lowest BCUT2D eigenvalue weighted by Crippen LogP contribution is -2.30. The van der Waals surface area contributed by atoms with E-state index in [1.165, 1.54) is 32.1 Å². The Morgan fingerprint density at radius 2 is 2.07 bits per heavy atom. The van der Waals surface area contributed by atoms with Crippen LogP contribution in [0.2, 0.25) is 0 Å². The predicted molar refractivity (Wildman–Crippen MR) is 112 cm³/mol. The van der Waals surface area contributed by atoms with Gasteiger partial charge in [0.15, 0.2) is 0 Å². The quantitative estimate of drug-likeness (QED) is 0.665. The number of hydrogen-bond donors (Lipinski definition) is 1. The van der Waals surface area contributed by atoms with Crippen molar-refractivity contribution in [3.8, 4) is 0 Å². The van der Waals surface area contributed by atoms with Gasteiger partial charge in [-0.3, -0.25) is 18.9 Å². The second-order valence-electron chi connectivity index (χ2n) is 7.75. The van der Waals surface area contributed by atoms with E-state index >= 15 is 0 Å². The van der Waals surface area contributed by atoms with E-state index in [-0.39, 0.29) is 5.91 Å². The summed E-state index contributed by atoms with van der Waals surface area (Å²) in [7, 11) is 0. The van der Waals surface area contributed by atoms with E-state index in [1.807, 2.05) is 29.7 Å². The number of aromatic nitrogens is 2. The van der Waals surface area contributed by atoms with Gasteiger partial charge in [-0.25, -0.2) is 4.98 Å². The Bertz CT molecular complexity index is 808. The highest BCUT2D eigenvalue weighted by molar-refractivity contribution is 5.94. The molecule has 1 aliphatic rings. The Balaban J connectivity index is 1.83. The highest BCUT2D eigenvalue weighted by Crippen LogP contribution is 2.25. The summed E-state index contributed by atoms with van der Waals surface area (Å²) < 4.78 is 1.89. The Hall–Kier alpha value is -2.37. The molecule has 28 heavy (non-hydrogen) atoms. The van der Waals surface area contributed by atoms with Crippen molar-refractivity contribution >= 4 is 23.8 Å². The van der Waals surface area contributed by atoms with E-state index in [9.17, 15) is 9.59 Å². The van der Waals surface area contributed by atoms with Crippen molar-refractivity contribution < 1.29 is 9.59 Å². The summed E-state index contributed by atoms with van der Waals surface area (Å²) in [6.45, 7) is 5.53. The fourth-order valence-electron chi connectivity index (χ4n) is 4.02. The average molecular weight is 385 g/mol. The minimum atomic E-state index is -0.0589. The third-order valence-electron chi connectivity index (χ3n) is 5.69. The van der Waals surface area contributed by atoms with Crippen LogP contribution in [0, 0.1) is 5.92 Å². The fourth-order valence-corrected chi connectivity index (χ4v) is 4.02. The van der Waals surface area contributed by atoms with Crippen LogP contribution in [0.4, 0.5) is 5.82 Å². The summed E-state index contributed by atoms with van der Waals surface area (Å²) in [5.41, 5.74) is 2.24. The molecule has 0 aromatic carbocycles. The van der Waals surface area contributed by atoms with Crippen LogP contribution in [0.3, 0.4) is 0 Å². The normalized spacial score (nSPS) is 14.9. The second kappa shape index (κ2) is 9.71. The molecule has 0 atom stereocenters. The van der Waals surface area contributed by atoms with E-state index in [0.29, 0.717) is 18.0 Å². The Kier molecular flexibility index (Phi) is 7.06. The Morgan fingerprint density at radius 1 is 1.29 bits per heavy atom. The van der Waals surface area contributed by atoms with Crippen LogP contribution in [0.15, 0.2) is 18.3 Å². The number of hydrogen-bond acceptors (Lipinski definition) is 3. The van der Waals surface area contributed by atoms with Crippen LogP contribution in [0.25, 0.3) is 5.65 Å². The molecule has 0 bridgehead atoms. The number of fused-ring (bicyclic) bond motifs is 1. The van der Waals surface area contributed by atoms with Gasteiger partial charge in [0.1, 0.15) is 11.5 Å². The zero-order valence-electron chi connectivity index (χ0n) is 17.1. The molecule has 0 saturated heterocycles. The van der Waals surface area contributed by atoms with Gasteiger partial charge in [0, 0.05) is 19.3 Å². The molecule has 1 fully saturated rings. The molecule has 6 nitrogen and oxygen atoms in total. The van der Waals surface area contributed by atoms with Crippen LogP contribution >= 0.6 is 0 Å². The number of anilines is 1. The molecular weight excluding hydrogens is 352 g/mol. The number of rotatable bonds is 9. The SMILES string of the molecule is CCCCN(C=O)c1c(CC)nc2ccc(C(=O)NCC3CCCCC3)cn12. The molecule has 1 N–H and O–H groups in total. The summed E-state index contributed by atoms with van der Waals surface area (Å²) in [6.07, 6.45) is 11.6. The van der Waals surface area contributed by atoms with Crippen molar-refractivity contribution in [3.05, 3.63) is 29.6 Å². The fraction of sp³-hybridized carbons (Fsp3) is 0.591. The van der Waals surface area contributed by atoms with Crippen LogP contribution < -0.4 is 10.2 Å². The van der Waals surface area contributed by atoms with Crippen molar-refractivity contribution in [2.24, 2.45) is 5.92 Å². The lowest BCUT2D eigenvalue weighted by Gasteiger charge is -2.21. The van der Waals surface area contributed by atoms with Gasteiger partial charge in [0.25, 0.3) is 5.91 Å². The Morgan fingerprint density at radius 3 is 2.75 bits per heavy atom. The summed E-state index contributed by atoms with van der Waals surface area (Å²) in [5.74, 6) is 1.32. The van der Waals surface area contributed by atoms with E-state index < -0.39 is 0 Å². The standard InChI is InChI=1S/C22H32N4O2/c1-3-5-13-25(16-27)22-19(4-2)24-20-12-11-18(15-26(20)22)21(28)23-14-17-9-7-6-8-10-17/h11-12,15-17H,3-10,13-14H2,1-2H3,(H,23,28). The van der Waals surface area contributed by atoms with Gasteiger partial charge in [-0.1, -0.05) is 39.5 Å². The number of unbranched alkanes of at least 4 members (excludes halogenated alkanes) is 1. The van der Waals surface area contributed by atoms with Gasteiger partial charge in [-0.15, -0.1) is 0 Å². The molecule has 0 radical (unpaired) electrons. The third-order valence-corrected chi connectivity index (χ3v) is 5.69. The first-order valence-electron chi connectivity index (χ1n) is 10.7. The highest BCUT2D eigenvalue weighted by Gasteiger charge is 2.19. The monoisotopic (exact) mass is 384 g/mol. The van der Waals surface area contributed by atoms with E-state index in [2.05, 4.69) is 17.2 Å². The zero-order valence-corrected chi connectivity index (χ0v) is 17.1. The molecule has 1 saturated carbocycles. The first-order chi connectivity index (χ1) is 13.7. The Labute approximate surface area is 167 Å². The maximum Gasteiger partial charge on any atom is 0.252 e. The van der Waals surface area contributed by atoms with Crippen LogP contribution in [0.5, 0.6) is 0 Å². The van der Waals surface area contributed by atoms with Gasteiger partial charge in [0.2, 0.25) is 6.41 Å². The number of imidazole rings is 1. The maximum atomic E-state index is 12.7. The van der Waals surface area contributed by atoms with Crippen LogP contribution in [-0.2, 0) is 11.2 Å². The van der Waals surface area contributed by atoms with Gasteiger partial charge in [0.05, 0.1) is 11.3 Å². The van der Waals surface area contributed by atoms with Crippen molar-refractivity contribution in [2.75, 3.05) is 18.0 Å². The number of nitrogens with zero attached hydrogens (tertiary/aromatic N) is 3. The first kappa shape index (κ1) is 20.4. The number of aryl methyl sites for hydroxylation is 1. The molecule has 0 aliphatic heterocycles. The molecule has 152 valence electrons. The molecular formula is C22H32N4O2. The average Bonchev–Trinajstić information content (AvgIpc) is 3.11. The summed E-state index contributed by atoms with van der Waals surface area (Å²) in [4.78, 5) is 30.8. The number of nitrogens with one attached hydrogen (secondary N) is 1. The predicted octanol–water partition coefficient (Wildman–Crippen LogP) is 3.97. The van der Waals surface area contributed by atoms with Gasteiger partial charge >= 0.3 is 0 Å². The first-order valence-corrected chi connectivity index (χ1v) is 10.7. The molecule has 3 rings (SSSR count). The summed E-state index contributed by atoms with van der Waals surface area (Å²) >= 11 is 0. The minimum absolute atomic E-state index is 0.0589. The van der Waals surface area contributed by atoms with Gasteiger partial charge < -0.3 is 5.32 Å². The molecule has 0 unspecified atom stereocenters. The van der Waals surface area contributed by atoms with Crippen molar-refractivity contribution in [1.82, 2.24) is 14.7 Å². The molecule has 2 heterocycles. The van der Waals surface area contributed by atoms with Gasteiger partial charge in [-0.2, -0.15) is 0 Å². The highest BCUT2D eigenvalue weighted by atomic mass is 16.1. The number of pyridine rings is 1. The molecule has 2 aromatic rings. The zero-order chi connectivity index (χ0) is 19.9. The van der Waals surface area contributed by atoms with Crippen molar-refractivity contribution in [1.29, 1.82) is 0 Å². The van der Waals surface area contributed by atoms with Crippen LogP contribution in [0.1, 0.15) is 74.8 Å². The second-order valence-corrected chi connectivity index (χ2v) is 7.75. The van der Waals surface area contributed by atoms with Crippen molar-refractivity contribution in [2.45, 2.75) is 65.2 Å². The van der Waals surface area contributed by atoms with E-state index in [0.717, 1.165) is 49.4 Å². The number of amides is 2. The van der Waals surface area contributed by atoms with Gasteiger partial charge in [-0.05, 0) is 43.7 Å². The molecule has 2 aromatic heterocycles. The number of carbonyl (C=O) groups is 2. The topological polar surface area (TPSA) is 66.7 Å². The smallest absolute Gasteiger partial charge is 0.252 e. The number of carbonyl (C=O) groups excluding carboxylic acids is 2. The van der Waals surface area contributed by atoms with Crippen LogP contribution in [-0.4, -0.2) is 34.8 Å². The summed E-state index contributed by atoms with van der Waals surface area (Å²) in [5, 5.41) is 3.10. The largest absolute Gasteiger partial charge is 0.352 e. The van der Waals surface area contributed by atoms with E-state index in [4.69, 9.17) is 0 Å². The molecule has 6 heteroatoms. The molecule has 0 spiro atoms. The minimum Gasteiger partial charge on any atom is -0.352 e. The van der Waals surface area contributed by atoms with Crippen molar-refractivity contribution in [3.63, 3.8) is 0 Å². The van der Waals surface area contributed by atoms with E-state index in [1.54, 1.807) is 4.90 Å². The molecule has 1 aliphatic carbocycles.